The molecular formula is C15H23N3O. The van der Waals surface area contributed by atoms with Crippen molar-refractivity contribution in [3.05, 3.63) is 30.1 Å². The number of hydrogen-bond acceptors (Lipinski definition) is 3. The monoisotopic (exact) mass is 261 g/mol. The van der Waals surface area contributed by atoms with Crippen LogP contribution in [-0.2, 0) is 11.8 Å². The van der Waals surface area contributed by atoms with Gasteiger partial charge in [0.2, 0.25) is 0 Å². The number of nitrogens with one attached hydrogen (secondary N) is 1. The van der Waals surface area contributed by atoms with E-state index in [1.807, 2.05) is 19.1 Å². The molecule has 2 aromatic rings. The molecule has 0 bridgehead atoms. The van der Waals surface area contributed by atoms with E-state index >= 15 is 0 Å². The number of imidazole rings is 1. The number of aromatic nitrogens is 2. The van der Waals surface area contributed by atoms with Gasteiger partial charge in [-0.15, -0.1) is 0 Å². The maximum atomic E-state index is 5.43. The number of aryl methyl sites for hydroxylation is 1. The molecule has 1 heterocycles. The molecule has 2 unspecified atom stereocenters. The van der Waals surface area contributed by atoms with Gasteiger partial charge in [-0.25, -0.2) is 4.98 Å². The summed E-state index contributed by atoms with van der Waals surface area (Å²) in [4.78, 5) is 4.71. The van der Waals surface area contributed by atoms with Gasteiger partial charge in [-0.3, -0.25) is 0 Å². The lowest BCUT2D eigenvalue weighted by atomic mass is 10.2. The normalized spacial score (nSPS) is 14.7. The van der Waals surface area contributed by atoms with Crippen molar-refractivity contribution in [2.75, 3.05) is 13.2 Å². The van der Waals surface area contributed by atoms with Crippen LogP contribution in [-0.4, -0.2) is 28.8 Å². The molecule has 0 amide bonds. The third-order valence-corrected chi connectivity index (χ3v) is 3.32. The predicted octanol–water partition coefficient (Wildman–Crippen LogP) is 2.65. The molecule has 0 aliphatic rings. The van der Waals surface area contributed by atoms with Gasteiger partial charge >= 0.3 is 0 Å². The molecule has 19 heavy (non-hydrogen) atoms. The Morgan fingerprint density at radius 2 is 2.05 bits per heavy atom. The van der Waals surface area contributed by atoms with E-state index in [0.717, 1.165) is 24.6 Å². The Hall–Kier alpha value is -1.39. The molecule has 0 aliphatic carbocycles. The van der Waals surface area contributed by atoms with E-state index in [9.17, 15) is 0 Å². The molecule has 1 N–H and O–H groups in total. The summed E-state index contributed by atoms with van der Waals surface area (Å²) < 4.78 is 7.58. The van der Waals surface area contributed by atoms with Gasteiger partial charge in [-0.05, 0) is 32.9 Å². The summed E-state index contributed by atoms with van der Waals surface area (Å²) in [6.07, 6.45) is 0. The van der Waals surface area contributed by atoms with Crippen molar-refractivity contribution in [3.8, 4) is 0 Å². The minimum Gasteiger partial charge on any atom is -0.380 e. The van der Waals surface area contributed by atoms with Crippen molar-refractivity contribution in [2.24, 2.45) is 7.05 Å². The molecule has 0 fully saturated rings. The Labute approximate surface area is 114 Å². The molecule has 1 aromatic carbocycles. The number of benzene rings is 1. The summed E-state index contributed by atoms with van der Waals surface area (Å²) in [7, 11) is 2.07. The van der Waals surface area contributed by atoms with Crippen LogP contribution >= 0.6 is 0 Å². The highest BCUT2D eigenvalue weighted by atomic mass is 16.5. The zero-order valence-corrected chi connectivity index (χ0v) is 12.2. The molecule has 1 aromatic heterocycles. The first-order valence-corrected chi connectivity index (χ1v) is 6.88. The van der Waals surface area contributed by atoms with Gasteiger partial charge in [0.15, 0.2) is 0 Å². The smallest absolute Gasteiger partial charge is 0.126 e. The zero-order chi connectivity index (χ0) is 13.8. The second kappa shape index (κ2) is 6.17. The molecule has 4 nitrogen and oxygen atoms in total. The van der Waals surface area contributed by atoms with Gasteiger partial charge < -0.3 is 14.6 Å². The third kappa shape index (κ3) is 3.14. The molecule has 0 radical (unpaired) electrons. The zero-order valence-electron chi connectivity index (χ0n) is 12.2. The molecular weight excluding hydrogens is 238 g/mol. The van der Waals surface area contributed by atoms with Crippen LogP contribution in [0.5, 0.6) is 0 Å². The van der Waals surface area contributed by atoms with Gasteiger partial charge in [-0.1, -0.05) is 12.1 Å². The summed E-state index contributed by atoms with van der Waals surface area (Å²) in [5.74, 6) is 1.06. The van der Waals surface area contributed by atoms with Crippen molar-refractivity contribution in [3.63, 3.8) is 0 Å². The fourth-order valence-electron chi connectivity index (χ4n) is 2.40. The summed E-state index contributed by atoms with van der Waals surface area (Å²) in [6, 6.07) is 8.73. The third-order valence-electron chi connectivity index (χ3n) is 3.32. The summed E-state index contributed by atoms with van der Waals surface area (Å²) in [5, 5.41) is 3.52. The highest BCUT2D eigenvalue weighted by molar-refractivity contribution is 5.75. The fourth-order valence-corrected chi connectivity index (χ4v) is 2.40. The maximum absolute atomic E-state index is 5.43. The average molecular weight is 261 g/mol. The van der Waals surface area contributed by atoms with Crippen LogP contribution in [0.15, 0.2) is 24.3 Å². The van der Waals surface area contributed by atoms with E-state index in [1.54, 1.807) is 0 Å². The van der Waals surface area contributed by atoms with Crippen molar-refractivity contribution >= 4 is 11.0 Å². The van der Waals surface area contributed by atoms with E-state index in [-0.39, 0.29) is 6.04 Å². The quantitative estimate of drug-likeness (QED) is 0.869. The predicted molar refractivity (Wildman–Crippen MR) is 78.2 cm³/mol. The van der Waals surface area contributed by atoms with E-state index in [4.69, 9.17) is 9.72 Å². The Bertz CT molecular complexity index is 535. The van der Waals surface area contributed by atoms with Crippen LogP contribution in [0.25, 0.3) is 11.0 Å². The lowest BCUT2D eigenvalue weighted by molar-refractivity contribution is 0.123. The van der Waals surface area contributed by atoms with Crippen LogP contribution in [0, 0.1) is 0 Å². The van der Waals surface area contributed by atoms with Crippen LogP contribution in [0.4, 0.5) is 0 Å². The van der Waals surface area contributed by atoms with Crippen LogP contribution < -0.4 is 5.32 Å². The molecule has 0 aliphatic heterocycles. The number of nitrogens with zero attached hydrogens (tertiary/aromatic N) is 2. The summed E-state index contributed by atoms with van der Waals surface area (Å²) in [6.45, 7) is 7.78. The topological polar surface area (TPSA) is 39.1 Å². The molecule has 0 saturated carbocycles. The summed E-state index contributed by atoms with van der Waals surface area (Å²) >= 11 is 0. The first kappa shape index (κ1) is 14.0. The molecule has 0 spiro atoms. The van der Waals surface area contributed by atoms with Gasteiger partial charge in [0.25, 0.3) is 0 Å². The second-order valence-electron chi connectivity index (χ2n) is 4.97. The summed E-state index contributed by atoms with van der Waals surface area (Å²) in [5.41, 5.74) is 2.22. The van der Waals surface area contributed by atoms with E-state index in [1.165, 1.54) is 5.52 Å². The number of para-hydroxylation sites is 2. The van der Waals surface area contributed by atoms with Crippen molar-refractivity contribution in [1.82, 2.24) is 14.9 Å². The first-order valence-electron chi connectivity index (χ1n) is 6.88. The standard InChI is InChI=1S/C15H23N3O/c1-5-19-10-11(2)16-12(3)15-17-13-8-6-7-9-14(13)18(15)4/h6-9,11-12,16H,5,10H2,1-4H3. The minimum absolute atomic E-state index is 0.202. The number of hydrogen-bond donors (Lipinski definition) is 1. The van der Waals surface area contributed by atoms with Crippen LogP contribution in [0.1, 0.15) is 32.6 Å². The Kier molecular flexibility index (Phi) is 4.56. The SMILES string of the molecule is CCOCC(C)NC(C)c1nc2ccccc2n1C. The lowest BCUT2D eigenvalue weighted by Crippen LogP contribution is -2.34. The van der Waals surface area contributed by atoms with Crippen LogP contribution in [0.2, 0.25) is 0 Å². The highest BCUT2D eigenvalue weighted by Crippen LogP contribution is 2.19. The molecule has 2 rings (SSSR count). The van der Waals surface area contributed by atoms with Crippen molar-refractivity contribution < 1.29 is 4.74 Å². The maximum Gasteiger partial charge on any atom is 0.126 e. The fraction of sp³-hybridized carbons (Fsp3) is 0.533. The minimum atomic E-state index is 0.202. The van der Waals surface area contributed by atoms with Crippen molar-refractivity contribution in [1.29, 1.82) is 0 Å². The van der Waals surface area contributed by atoms with E-state index in [0.29, 0.717) is 6.04 Å². The lowest BCUT2D eigenvalue weighted by Gasteiger charge is -2.19. The highest BCUT2D eigenvalue weighted by Gasteiger charge is 2.15. The first-order chi connectivity index (χ1) is 9.13. The molecule has 0 saturated heterocycles. The van der Waals surface area contributed by atoms with E-state index in [2.05, 4.69) is 42.9 Å². The number of ether oxygens (including phenoxy) is 1. The number of fused-ring (bicyclic) bond motifs is 1. The van der Waals surface area contributed by atoms with E-state index < -0.39 is 0 Å². The van der Waals surface area contributed by atoms with Gasteiger partial charge in [-0.2, -0.15) is 0 Å². The average Bonchev–Trinajstić information content (AvgIpc) is 2.74. The molecule has 104 valence electrons. The largest absolute Gasteiger partial charge is 0.380 e. The molecule has 4 heteroatoms. The van der Waals surface area contributed by atoms with Gasteiger partial charge in [0, 0.05) is 19.7 Å². The van der Waals surface area contributed by atoms with Gasteiger partial charge in [0.1, 0.15) is 5.82 Å². The van der Waals surface area contributed by atoms with Gasteiger partial charge in [0.05, 0.1) is 23.7 Å². The number of rotatable bonds is 6. The molecule has 2 atom stereocenters. The Balaban J connectivity index is 2.12. The van der Waals surface area contributed by atoms with Crippen LogP contribution in [0.3, 0.4) is 0 Å². The van der Waals surface area contributed by atoms with Crippen molar-refractivity contribution in [2.45, 2.75) is 32.9 Å². The Morgan fingerprint density at radius 1 is 1.32 bits per heavy atom. The second-order valence-corrected chi connectivity index (χ2v) is 4.97. The Morgan fingerprint density at radius 3 is 2.74 bits per heavy atom.